The van der Waals surface area contributed by atoms with E-state index in [1.165, 1.54) is 180 Å². The van der Waals surface area contributed by atoms with E-state index in [2.05, 4.69) is 43.5 Å². The number of ether oxygens (including phenoxy) is 1. The smallest absolute Gasteiger partial charge is 0.305 e. The predicted molar refractivity (Wildman–Crippen MR) is 260 cm³/mol. The summed E-state index contributed by atoms with van der Waals surface area (Å²) in [6, 6.07) is -0.579. The van der Waals surface area contributed by atoms with Crippen molar-refractivity contribution in [1.29, 1.82) is 0 Å². The summed E-state index contributed by atoms with van der Waals surface area (Å²) in [7, 11) is 0. The molecule has 1 amide bonds. The molecule has 0 rings (SSSR count). The second-order valence-corrected chi connectivity index (χ2v) is 18.2. The lowest BCUT2D eigenvalue weighted by Crippen LogP contribution is -2.45. The van der Waals surface area contributed by atoms with Crippen LogP contribution in [0.1, 0.15) is 284 Å². The van der Waals surface area contributed by atoms with Gasteiger partial charge in [0.15, 0.2) is 0 Å². The average molecular weight is 846 g/mol. The SMILES string of the molecule is CCCCCCCC/C=C\CCCCCCCCCC(=O)OCCCCCC/C=C\CCCC(=O)NC(CO)C(O)CCCCCCCCCCCCCCCCCCC. The van der Waals surface area contributed by atoms with Crippen LogP contribution in [0.5, 0.6) is 0 Å². The van der Waals surface area contributed by atoms with Crippen molar-refractivity contribution in [3.63, 3.8) is 0 Å². The first-order valence-electron chi connectivity index (χ1n) is 26.6. The molecule has 0 heterocycles. The normalized spacial score (nSPS) is 12.8. The fraction of sp³-hybridized carbons (Fsp3) is 0.889. The number of aliphatic hydroxyl groups excluding tert-OH is 2. The van der Waals surface area contributed by atoms with E-state index in [0.29, 0.717) is 25.9 Å². The van der Waals surface area contributed by atoms with Crippen LogP contribution in [0, 0.1) is 0 Å². The number of nitrogens with one attached hydrogen (secondary N) is 1. The molecule has 0 radical (unpaired) electrons. The number of hydrogen-bond donors (Lipinski definition) is 3. The molecule has 0 fully saturated rings. The van der Waals surface area contributed by atoms with Gasteiger partial charge in [-0.25, -0.2) is 0 Å². The van der Waals surface area contributed by atoms with Gasteiger partial charge in [-0.3, -0.25) is 9.59 Å². The first-order chi connectivity index (χ1) is 29.5. The number of hydrogen-bond acceptors (Lipinski definition) is 5. The van der Waals surface area contributed by atoms with Crippen LogP contribution in [0.4, 0.5) is 0 Å². The summed E-state index contributed by atoms with van der Waals surface area (Å²) >= 11 is 0. The molecule has 0 saturated heterocycles. The Bertz CT molecular complexity index is 935. The molecule has 6 heteroatoms. The van der Waals surface area contributed by atoms with Gasteiger partial charge in [0.2, 0.25) is 5.91 Å². The summed E-state index contributed by atoms with van der Waals surface area (Å²) in [6.07, 6.45) is 58.7. The first-order valence-corrected chi connectivity index (χ1v) is 26.6. The van der Waals surface area contributed by atoms with Crippen LogP contribution in [-0.2, 0) is 14.3 Å². The number of rotatable bonds is 49. The lowest BCUT2D eigenvalue weighted by molar-refractivity contribution is -0.143. The van der Waals surface area contributed by atoms with E-state index < -0.39 is 12.1 Å². The van der Waals surface area contributed by atoms with E-state index >= 15 is 0 Å². The quantitative estimate of drug-likeness (QED) is 0.0322. The van der Waals surface area contributed by atoms with Crippen LogP contribution in [0.3, 0.4) is 0 Å². The average Bonchev–Trinajstić information content (AvgIpc) is 3.25. The molecular weight excluding hydrogens is 743 g/mol. The van der Waals surface area contributed by atoms with Crippen molar-refractivity contribution in [3.05, 3.63) is 24.3 Å². The second kappa shape index (κ2) is 50.0. The Kier molecular flexibility index (Phi) is 48.6. The Morgan fingerprint density at radius 1 is 0.450 bits per heavy atom. The molecular formula is C54H103NO5. The molecule has 0 aliphatic carbocycles. The van der Waals surface area contributed by atoms with Crippen molar-refractivity contribution in [2.24, 2.45) is 0 Å². The van der Waals surface area contributed by atoms with E-state index in [1.807, 2.05) is 0 Å². The summed E-state index contributed by atoms with van der Waals surface area (Å²) in [5.74, 6) is -0.133. The zero-order valence-electron chi connectivity index (χ0n) is 40.2. The number of amides is 1. The molecule has 3 N–H and O–H groups in total. The summed E-state index contributed by atoms with van der Waals surface area (Å²) < 4.78 is 5.45. The van der Waals surface area contributed by atoms with Crippen LogP contribution in [-0.4, -0.2) is 47.4 Å². The fourth-order valence-electron chi connectivity index (χ4n) is 8.11. The fourth-order valence-corrected chi connectivity index (χ4v) is 8.11. The van der Waals surface area contributed by atoms with Gasteiger partial charge in [0, 0.05) is 12.8 Å². The monoisotopic (exact) mass is 846 g/mol. The Labute approximate surface area is 373 Å². The highest BCUT2D eigenvalue weighted by atomic mass is 16.5. The van der Waals surface area contributed by atoms with Crippen molar-refractivity contribution in [2.75, 3.05) is 13.2 Å². The third-order valence-corrected chi connectivity index (χ3v) is 12.2. The third-order valence-electron chi connectivity index (χ3n) is 12.2. The van der Waals surface area contributed by atoms with Crippen molar-refractivity contribution in [3.8, 4) is 0 Å². The molecule has 0 bridgehead atoms. The van der Waals surface area contributed by atoms with E-state index in [-0.39, 0.29) is 18.5 Å². The first kappa shape index (κ1) is 58.3. The molecule has 2 atom stereocenters. The number of allylic oxidation sites excluding steroid dienone is 4. The van der Waals surface area contributed by atoms with Gasteiger partial charge in [-0.15, -0.1) is 0 Å². The van der Waals surface area contributed by atoms with Crippen molar-refractivity contribution >= 4 is 11.9 Å². The number of esters is 1. The highest BCUT2D eigenvalue weighted by molar-refractivity contribution is 5.76. The number of carbonyl (C=O) groups excluding carboxylic acids is 2. The van der Waals surface area contributed by atoms with E-state index in [1.54, 1.807) is 0 Å². The molecule has 354 valence electrons. The second-order valence-electron chi connectivity index (χ2n) is 18.2. The maximum Gasteiger partial charge on any atom is 0.305 e. The molecule has 2 unspecified atom stereocenters. The van der Waals surface area contributed by atoms with Gasteiger partial charge in [0.05, 0.1) is 25.4 Å². The van der Waals surface area contributed by atoms with Gasteiger partial charge < -0.3 is 20.3 Å². The van der Waals surface area contributed by atoms with Crippen molar-refractivity contribution in [1.82, 2.24) is 5.32 Å². The van der Waals surface area contributed by atoms with E-state index in [4.69, 9.17) is 4.74 Å². The standard InChI is InChI=1S/C54H103NO5/c1-3-5-7-9-11-13-15-17-19-21-23-25-27-30-34-38-42-46-52(57)51(50-56)55-53(58)47-43-39-35-31-29-33-37-41-45-49-60-54(59)48-44-40-36-32-28-26-24-22-20-18-16-14-12-10-8-6-4-2/h18,20,31,35,51-52,56-57H,3-17,19,21-30,32-34,36-50H2,1-2H3,(H,55,58)/b20-18-,35-31-. The van der Waals surface area contributed by atoms with Gasteiger partial charge in [0.1, 0.15) is 0 Å². The van der Waals surface area contributed by atoms with Crippen LogP contribution in [0.25, 0.3) is 0 Å². The maximum absolute atomic E-state index is 12.4. The molecule has 0 spiro atoms. The highest BCUT2D eigenvalue weighted by Crippen LogP contribution is 2.16. The third kappa shape index (κ3) is 45.9. The minimum Gasteiger partial charge on any atom is -0.466 e. The molecule has 0 aliphatic heterocycles. The summed E-state index contributed by atoms with van der Waals surface area (Å²) in [6.45, 7) is 4.86. The lowest BCUT2D eigenvalue weighted by Gasteiger charge is -2.22. The summed E-state index contributed by atoms with van der Waals surface area (Å²) in [5, 5.41) is 23.2. The van der Waals surface area contributed by atoms with E-state index in [9.17, 15) is 19.8 Å². The van der Waals surface area contributed by atoms with Gasteiger partial charge in [-0.1, -0.05) is 224 Å². The molecule has 6 nitrogen and oxygen atoms in total. The Balaban J connectivity index is 3.53. The van der Waals surface area contributed by atoms with Crippen LogP contribution in [0.15, 0.2) is 24.3 Å². The van der Waals surface area contributed by atoms with Gasteiger partial charge in [0.25, 0.3) is 0 Å². The summed E-state index contributed by atoms with van der Waals surface area (Å²) in [4.78, 5) is 24.5. The number of aliphatic hydroxyl groups is 2. The Hall–Kier alpha value is -1.66. The molecule has 0 aliphatic rings. The molecule has 0 aromatic rings. The van der Waals surface area contributed by atoms with Crippen LogP contribution in [0.2, 0.25) is 0 Å². The molecule has 0 aromatic heterocycles. The maximum atomic E-state index is 12.4. The van der Waals surface area contributed by atoms with Crippen LogP contribution >= 0.6 is 0 Å². The van der Waals surface area contributed by atoms with Gasteiger partial charge in [-0.05, 0) is 70.6 Å². The summed E-state index contributed by atoms with van der Waals surface area (Å²) in [5.41, 5.74) is 0. The zero-order valence-corrected chi connectivity index (χ0v) is 40.2. The van der Waals surface area contributed by atoms with Crippen molar-refractivity contribution < 1.29 is 24.5 Å². The minimum atomic E-state index is -0.695. The number of carbonyl (C=O) groups is 2. The highest BCUT2D eigenvalue weighted by Gasteiger charge is 2.20. The number of unbranched alkanes of at least 4 members (excludes halogenated alkanes) is 34. The minimum absolute atomic E-state index is 0.0387. The van der Waals surface area contributed by atoms with E-state index in [0.717, 1.165) is 70.6 Å². The zero-order chi connectivity index (χ0) is 43.7. The van der Waals surface area contributed by atoms with Gasteiger partial charge in [-0.2, -0.15) is 0 Å². The Morgan fingerprint density at radius 3 is 1.22 bits per heavy atom. The van der Waals surface area contributed by atoms with Gasteiger partial charge >= 0.3 is 5.97 Å². The predicted octanol–water partition coefficient (Wildman–Crippen LogP) is 15.9. The topological polar surface area (TPSA) is 95.9 Å². The Morgan fingerprint density at radius 2 is 0.800 bits per heavy atom. The molecule has 60 heavy (non-hydrogen) atoms. The lowest BCUT2D eigenvalue weighted by atomic mass is 10.0. The van der Waals surface area contributed by atoms with Crippen molar-refractivity contribution in [2.45, 2.75) is 296 Å². The van der Waals surface area contributed by atoms with Crippen LogP contribution < -0.4 is 5.32 Å². The largest absolute Gasteiger partial charge is 0.466 e. The molecule has 0 saturated carbocycles. The molecule has 0 aromatic carbocycles.